The van der Waals surface area contributed by atoms with E-state index in [4.69, 9.17) is 18.5 Å². The van der Waals surface area contributed by atoms with Crippen LogP contribution in [0.3, 0.4) is 0 Å². The maximum atomic E-state index is 13.0. The molecule has 0 aliphatic rings. The van der Waals surface area contributed by atoms with Gasteiger partial charge in [0, 0.05) is 12.8 Å². The second-order valence-corrected chi connectivity index (χ2v) is 34.5. The van der Waals surface area contributed by atoms with Crippen LogP contribution >= 0.6 is 7.82 Å². The molecule has 0 aromatic rings. The highest BCUT2D eigenvalue weighted by Gasteiger charge is 2.27. The summed E-state index contributed by atoms with van der Waals surface area (Å²) in [5, 5.41) is 0. The van der Waals surface area contributed by atoms with Gasteiger partial charge in [0.2, 0.25) is 0 Å². The van der Waals surface area contributed by atoms with E-state index in [1.807, 2.05) is 21.1 Å². The summed E-state index contributed by atoms with van der Waals surface area (Å²) in [5.41, 5.74) is 0. The van der Waals surface area contributed by atoms with E-state index in [2.05, 4.69) is 74.6 Å². The normalized spacial score (nSPS) is 13.2. The molecule has 0 aliphatic heterocycles. The third-order valence-electron chi connectivity index (χ3n) is 21.3. The van der Waals surface area contributed by atoms with Crippen molar-refractivity contribution in [2.24, 2.45) is 0 Å². The van der Waals surface area contributed by atoms with Crippen LogP contribution < -0.4 is 0 Å². The zero-order chi connectivity index (χ0) is 76.1. The summed E-state index contributed by atoms with van der Waals surface area (Å²) in [4.78, 5) is 36.1. The molecule has 0 spiro atoms. The quantitative estimate of drug-likeness (QED) is 0.0211. The zero-order valence-corrected chi connectivity index (χ0v) is 71.9. The fourth-order valence-electron chi connectivity index (χ4n) is 14.3. The number of nitrogens with zero attached hydrogens (tertiary/aromatic N) is 1. The number of esters is 2. The summed E-state index contributed by atoms with van der Waals surface area (Å²) < 4.78 is 34.9. The second-order valence-electron chi connectivity index (χ2n) is 33.0. The van der Waals surface area contributed by atoms with Crippen molar-refractivity contribution in [2.75, 3.05) is 47.5 Å². The molecule has 105 heavy (non-hydrogen) atoms. The van der Waals surface area contributed by atoms with Gasteiger partial charge in [0.15, 0.2) is 6.10 Å². The molecule has 0 bridgehead atoms. The van der Waals surface area contributed by atoms with Gasteiger partial charge in [-0.3, -0.25) is 18.6 Å². The summed E-state index contributed by atoms with van der Waals surface area (Å²) >= 11 is 0. The molecule has 10 heteroatoms. The maximum Gasteiger partial charge on any atom is 0.472 e. The standard InChI is InChI=1S/C95H180NO8P/c1-6-8-10-12-14-16-18-20-22-24-26-28-30-32-34-36-38-40-42-44-46-48-50-52-54-56-58-60-62-64-66-68-70-72-74-76-78-80-82-84-86-88-95(98)104-93(92-103-105(99,100)102-90-89-96(3,4)5)91-101-94(97)87-85-83-81-79-77-75-73-71-69-67-65-63-61-59-57-55-53-51-49-47-45-43-41-39-37-35-33-31-29-27-25-23-21-19-17-15-13-11-9-7-2/h8,10,14,16,20,22,26,28,32,34,93H,6-7,9,11-13,15,17-19,21,23-25,27,29-31,33,35-92H2,1-5H3/p+1/b10-8-,16-14-,22-20-,28-26-,34-32-. The first-order valence-corrected chi connectivity index (χ1v) is 48.0. The van der Waals surface area contributed by atoms with Crippen LogP contribution in [0, 0.1) is 0 Å². The molecular weight excluding hydrogens is 1310 g/mol. The average molecular weight is 1500 g/mol. The Balaban J connectivity index is 3.82. The number of ether oxygens (including phenoxy) is 2. The molecule has 0 aromatic heterocycles. The van der Waals surface area contributed by atoms with Crippen molar-refractivity contribution in [1.82, 2.24) is 0 Å². The highest BCUT2D eigenvalue weighted by Crippen LogP contribution is 2.43. The lowest BCUT2D eigenvalue weighted by molar-refractivity contribution is -0.870. The van der Waals surface area contributed by atoms with Gasteiger partial charge < -0.3 is 18.9 Å². The fraction of sp³-hybridized carbons (Fsp3) is 0.874. The minimum absolute atomic E-state index is 0.0352. The van der Waals surface area contributed by atoms with Crippen LogP contribution in [0.25, 0.3) is 0 Å². The molecule has 0 saturated carbocycles. The van der Waals surface area contributed by atoms with Gasteiger partial charge in [-0.1, -0.05) is 473 Å². The lowest BCUT2D eigenvalue weighted by Crippen LogP contribution is -2.37. The van der Waals surface area contributed by atoms with Crippen LogP contribution in [0.15, 0.2) is 60.8 Å². The number of quaternary nitrogens is 1. The highest BCUT2D eigenvalue weighted by atomic mass is 31.2. The summed E-state index contributed by atoms with van der Waals surface area (Å²) in [7, 11) is 1.51. The van der Waals surface area contributed by atoms with Crippen molar-refractivity contribution in [3.8, 4) is 0 Å². The first-order valence-electron chi connectivity index (χ1n) is 46.5. The molecule has 0 fully saturated rings. The number of rotatable bonds is 88. The van der Waals surface area contributed by atoms with Gasteiger partial charge in [-0.15, -0.1) is 0 Å². The Bertz CT molecular complexity index is 1960. The van der Waals surface area contributed by atoms with Crippen molar-refractivity contribution < 1.29 is 42.1 Å². The Morgan fingerprint density at radius 2 is 0.543 bits per heavy atom. The summed E-state index contributed by atoms with van der Waals surface area (Å²) in [6.45, 7) is 4.41. The first kappa shape index (κ1) is 103. The van der Waals surface area contributed by atoms with Crippen LogP contribution in [0.4, 0.5) is 0 Å². The first-order chi connectivity index (χ1) is 51.5. The van der Waals surface area contributed by atoms with E-state index >= 15 is 0 Å². The molecule has 0 heterocycles. The minimum Gasteiger partial charge on any atom is -0.462 e. The molecule has 1 N–H and O–H groups in total. The van der Waals surface area contributed by atoms with Gasteiger partial charge in [0.05, 0.1) is 27.7 Å². The SMILES string of the molecule is CC/C=C\C/C=C\C/C=C\C/C=C\C/C=C\CCCCCCCCCCCCCCCCCCCCCCCCCCCC(=O)OC(COC(=O)CCCCCCCCCCCCCCCCCCCCCCCCCCCCCCCCCCCCCCCCCC)COP(=O)(O)OCC[N+](C)(C)C. The molecule has 0 rings (SSSR count). The van der Waals surface area contributed by atoms with Gasteiger partial charge in [-0.25, -0.2) is 4.57 Å². The van der Waals surface area contributed by atoms with E-state index in [0.717, 1.165) is 64.2 Å². The number of hydrogen-bond donors (Lipinski definition) is 1. The Kier molecular flexibility index (Phi) is 83.8. The van der Waals surface area contributed by atoms with Gasteiger partial charge in [-0.05, 0) is 57.8 Å². The van der Waals surface area contributed by atoms with E-state index < -0.39 is 26.5 Å². The van der Waals surface area contributed by atoms with E-state index in [9.17, 15) is 19.0 Å². The number of carbonyl (C=O) groups excluding carboxylic acids is 2. The van der Waals surface area contributed by atoms with Crippen molar-refractivity contribution >= 4 is 19.8 Å². The molecule has 2 atom stereocenters. The van der Waals surface area contributed by atoms with E-state index in [0.29, 0.717) is 23.9 Å². The van der Waals surface area contributed by atoms with Gasteiger partial charge in [0.1, 0.15) is 19.8 Å². The largest absolute Gasteiger partial charge is 0.472 e. The highest BCUT2D eigenvalue weighted by molar-refractivity contribution is 7.47. The van der Waals surface area contributed by atoms with Gasteiger partial charge in [0.25, 0.3) is 0 Å². The minimum atomic E-state index is -4.40. The number of unbranched alkanes of at least 4 members (excludes halogenated alkanes) is 64. The lowest BCUT2D eigenvalue weighted by Gasteiger charge is -2.24. The van der Waals surface area contributed by atoms with Crippen molar-refractivity contribution in [2.45, 2.75) is 489 Å². The average Bonchev–Trinajstić information content (AvgIpc) is 0.935. The van der Waals surface area contributed by atoms with E-state index in [1.165, 1.54) is 385 Å². The van der Waals surface area contributed by atoms with E-state index in [-0.39, 0.29) is 25.6 Å². The van der Waals surface area contributed by atoms with Crippen LogP contribution in [0.2, 0.25) is 0 Å². The number of hydrogen-bond acceptors (Lipinski definition) is 7. The van der Waals surface area contributed by atoms with Crippen LogP contribution in [0.5, 0.6) is 0 Å². The van der Waals surface area contributed by atoms with Crippen molar-refractivity contribution in [3.05, 3.63) is 60.8 Å². The molecule has 0 aliphatic carbocycles. The predicted molar refractivity (Wildman–Crippen MR) is 460 cm³/mol. The van der Waals surface area contributed by atoms with Crippen molar-refractivity contribution in [1.29, 1.82) is 0 Å². The summed E-state index contributed by atoms with van der Waals surface area (Å²) in [6, 6.07) is 0. The summed E-state index contributed by atoms with van der Waals surface area (Å²) in [5.74, 6) is -0.768. The third-order valence-corrected chi connectivity index (χ3v) is 22.3. The number of likely N-dealkylation sites (N-methyl/N-ethyl adjacent to an activating group) is 1. The Morgan fingerprint density at radius 1 is 0.305 bits per heavy atom. The molecular formula is C95H181NO8P+. The Hall–Kier alpha value is -2.29. The van der Waals surface area contributed by atoms with Crippen LogP contribution in [-0.2, 0) is 32.7 Å². The maximum absolute atomic E-state index is 13.0. The Morgan fingerprint density at radius 3 is 0.810 bits per heavy atom. The fourth-order valence-corrected chi connectivity index (χ4v) is 15.0. The molecule has 2 unspecified atom stereocenters. The number of phosphoric ester groups is 1. The smallest absolute Gasteiger partial charge is 0.462 e. The van der Waals surface area contributed by atoms with Gasteiger partial charge >= 0.3 is 19.8 Å². The number of phosphoric acid groups is 1. The molecule has 0 amide bonds. The van der Waals surface area contributed by atoms with Crippen molar-refractivity contribution in [3.63, 3.8) is 0 Å². The van der Waals surface area contributed by atoms with Crippen LogP contribution in [-0.4, -0.2) is 74.9 Å². The predicted octanol–water partition coefficient (Wildman–Crippen LogP) is 31.6. The topological polar surface area (TPSA) is 108 Å². The third kappa shape index (κ3) is 90.5. The summed E-state index contributed by atoms with van der Waals surface area (Å²) in [6.07, 6.45) is 117. The molecule has 618 valence electrons. The number of carbonyl (C=O) groups is 2. The Labute approximate surface area is 655 Å². The molecule has 9 nitrogen and oxygen atoms in total. The molecule has 0 aromatic carbocycles. The number of allylic oxidation sites excluding steroid dienone is 10. The molecule has 0 saturated heterocycles. The lowest BCUT2D eigenvalue weighted by atomic mass is 10.0. The second kappa shape index (κ2) is 85.7. The molecule has 0 radical (unpaired) electrons. The van der Waals surface area contributed by atoms with E-state index in [1.54, 1.807) is 0 Å². The monoisotopic (exact) mass is 1500 g/mol. The zero-order valence-electron chi connectivity index (χ0n) is 71.0. The van der Waals surface area contributed by atoms with Crippen LogP contribution in [0.1, 0.15) is 483 Å². The van der Waals surface area contributed by atoms with Gasteiger partial charge in [-0.2, -0.15) is 0 Å².